The molecule has 0 amide bonds. The number of carbonyl (C=O) groups is 1. The molecule has 2 atom stereocenters. The Morgan fingerprint density at radius 2 is 2.00 bits per heavy atom. The standard InChI is InChI=1S/C14H22O3/c1-11-6-2-3-7-12(11)10-17-14(13(15)16)8-4-5-9-14/h2-3,11-12H,4-10H2,1H3,(H,15,16). The summed E-state index contributed by atoms with van der Waals surface area (Å²) in [5.74, 6) is 0.318. The zero-order valence-electron chi connectivity index (χ0n) is 10.5. The van der Waals surface area contributed by atoms with Crippen molar-refractivity contribution in [3.63, 3.8) is 0 Å². The third-order valence-electron chi connectivity index (χ3n) is 4.29. The number of hydrogen-bond acceptors (Lipinski definition) is 2. The van der Waals surface area contributed by atoms with Crippen LogP contribution >= 0.6 is 0 Å². The monoisotopic (exact) mass is 238 g/mol. The van der Waals surface area contributed by atoms with E-state index < -0.39 is 11.6 Å². The molecule has 3 nitrogen and oxygen atoms in total. The van der Waals surface area contributed by atoms with E-state index in [1.807, 2.05) is 0 Å². The molecule has 96 valence electrons. The van der Waals surface area contributed by atoms with Gasteiger partial charge in [0.2, 0.25) is 0 Å². The highest BCUT2D eigenvalue weighted by Gasteiger charge is 2.43. The van der Waals surface area contributed by atoms with Crippen LogP contribution in [-0.2, 0) is 9.53 Å². The van der Waals surface area contributed by atoms with Crippen LogP contribution in [0.1, 0.15) is 45.4 Å². The Morgan fingerprint density at radius 3 is 2.59 bits per heavy atom. The van der Waals surface area contributed by atoms with Crippen molar-refractivity contribution in [2.45, 2.75) is 51.0 Å². The van der Waals surface area contributed by atoms with Crippen molar-refractivity contribution in [1.29, 1.82) is 0 Å². The van der Waals surface area contributed by atoms with Crippen LogP contribution in [0.15, 0.2) is 12.2 Å². The van der Waals surface area contributed by atoms with Gasteiger partial charge in [-0.15, -0.1) is 0 Å². The van der Waals surface area contributed by atoms with Gasteiger partial charge in [-0.3, -0.25) is 0 Å². The summed E-state index contributed by atoms with van der Waals surface area (Å²) in [6.07, 6.45) is 9.84. The molecule has 0 saturated heterocycles. The van der Waals surface area contributed by atoms with E-state index in [9.17, 15) is 9.90 Å². The Kier molecular flexibility index (Phi) is 3.87. The quantitative estimate of drug-likeness (QED) is 0.766. The summed E-state index contributed by atoms with van der Waals surface area (Å²) in [7, 11) is 0. The Morgan fingerprint density at radius 1 is 1.35 bits per heavy atom. The largest absolute Gasteiger partial charge is 0.479 e. The molecule has 1 saturated carbocycles. The van der Waals surface area contributed by atoms with Crippen molar-refractivity contribution < 1.29 is 14.6 Å². The first-order valence-corrected chi connectivity index (χ1v) is 6.66. The third-order valence-corrected chi connectivity index (χ3v) is 4.29. The lowest BCUT2D eigenvalue weighted by Crippen LogP contribution is -2.40. The highest BCUT2D eigenvalue weighted by atomic mass is 16.5. The van der Waals surface area contributed by atoms with Gasteiger partial charge in [0.05, 0.1) is 6.61 Å². The van der Waals surface area contributed by atoms with Crippen molar-refractivity contribution in [1.82, 2.24) is 0 Å². The Labute approximate surface area is 103 Å². The molecule has 3 heteroatoms. The summed E-state index contributed by atoms with van der Waals surface area (Å²) >= 11 is 0. The molecular weight excluding hydrogens is 216 g/mol. The molecule has 0 bridgehead atoms. The molecule has 0 radical (unpaired) electrons. The zero-order valence-corrected chi connectivity index (χ0v) is 10.5. The molecule has 1 fully saturated rings. The fourth-order valence-corrected chi connectivity index (χ4v) is 2.87. The zero-order chi connectivity index (χ0) is 12.3. The van der Waals surface area contributed by atoms with E-state index in [4.69, 9.17) is 4.74 Å². The maximum Gasteiger partial charge on any atom is 0.335 e. The smallest absolute Gasteiger partial charge is 0.335 e. The highest BCUT2D eigenvalue weighted by Crippen LogP contribution is 2.35. The number of carboxylic acid groups (broad SMARTS) is 1. The van der Waals surface area contributed by atoms with Crippen molar-refractivity contribution >= 4 is 5.97 Å². The molecule has 0 aromatic rings. The third kappa shape index (κ3) is 2.71. The minimum absolute atomic E-state index is 0.483. The first-order valence-electron chi connectivity index (χ1n) is 6.66. The van der Waals surface area contributed by atoms with Gasteiger partial charge in [0, 0.05) is 0 Å². The molecule has 0 heterocycles. The Bertz CT molecular complexity index is 303. The van der Waals surface area contributed by atoms with E-state index in [1.165, 1.54) is 0 Å². The fourth-order valence-electron chi connectivity index (χ4n) is 2.87. The van der Waals surface area contributed by atoms with Crippen molar-refractivity contribution in [3.05, 3.63) is 12.2 Å². The van der Waals surface area contributed by atoms with E-state index in [-0.39, 0.29) is 0 Å². The van der Waals surface area contributed by atoms with Gasteiger partial charge >= 0.3 is 5.97 Å². The number of hydrogen-bond donors (Lipinski definition) is 1. The topological polar surface area (TPSA) is 46.5 Å². The van der Waals surface area contributed by atoms with Crippen molar-refractivity contribution in [3.8, 4) is 0 Å². The molecule has 2 unspecified atom stereocenters. The van der Waals surface area contributed by atoms with Gasteiger partial charge in [-0.25, -0.2) is 4.79 Å². The van der Waals surface area contributed by atoms with Crippen LogP contribution in [0.4, 0.5) is 0 Å². The van der Waals surface area contributed by atoms with Crippen LogP contribution in [0.5, 0.6) is 0 Å². The van der Waals surface area contributed by atoms with Gasteiger partial charge in [-0.05, 0) is 50.4 Å². The van der Waals surface area contributed by atoms with Gasteiger partial charge in [-0.2, -0.15) is 0 Å². The summed E-state index contributed by atoms with van der Waals surface area (Å²) < 4.78 is 5.83. The number of allylic oxidation sites excluding steroid dienone is 2. The second kappa shape index (κ2) is 5.21. The molecule has 0 spiro atoms. The molecule has 2 aliphatic rings. The van der Waals surface area contributed by atoms with Gasteiger partial charge in [0.25, 0.3) is 0 Å². The lowest BCUT2D eigenvalue weighted by Gasteiger charge is -2.30. The van der Waals surface area contributed by atoms with E-state index in [0.29, 0.717) is 31.3 Å². The number of carboxylic acids is 1. The first kappa shape index (κ1) is 12.6. The summed E-state index contributed by atoms with van der Waals surface area (Å²) in [6.45, 7) is 2.82. The van der Waals surface area contributed by atoms with Gasteiger partial charge in [-0.1, -0.05) is 19.1 Å². The first-order chi connectivity index (χ1) is 8.14. The second-order valence-corrected chi connectivity index (χ2v) is 5.50. The highest BCUT2D eigenvalue weighted by molar-refractivity contribution is 5.77. The molecule has 17 heavy (non-hydrogen) atoms. The average molecular weight is 238 g/mol. The summed E-state index contributed by atoms with van der Waals surface area (Å²) in [5.41, 5.74) is -0.874. The van der Waals surface area contributed by atoms with E-state index in [0.717, 1.165) is 25.7 Å². The van der Waals surface area contributed by atoms with Gasteiger partial charge in [0.15, 0.2) is 5.60 Å². The van der Waals surface area contributed by atoms with Crippen LogP contribution in [-0.4, -0.2) is 23.3 Å². The number of rotatable bonds is 4. The Hall–Kier alpha value is -0.830. The molecule has 2 rings (SSSR count). The second-order valence-electron chi connectivity index (χ2n) is 5.50. The molecule has 0 aliphatic heterocycles. The minimum Gasteiger partial charge on any atom is -0.479 e. The van der Waals surface area contributed by atoms with Crippen molar-refractivity contribution in [2.75, 3.05) is 6.61 Å². The van der Waals surface area contributed by atoms with Crippen LogP contribution in [0.25, 0.3) is 0 Å². The van der Waals surface area contributed by atoms with E-state index in [2.05, 4.69) is 19.1 Å². The number of aliphatic carboxylic acids is 1. The summed E-state index contributed by atoms with van der Waals surface area (Å²) in [6, 6.07) is 0. The van der Waals surface area contributed by atoms with Gasteiger partial charge in [0.1, 0.15) is 0 Å². The predicted molar refractivity (Wildman–Crippen MR) is 65.8 cm³/mol. The van der Waals surface area contributed by atoms with Gasteiger partial charge < -0.3 is 9.84 Å². The lowest BCUT2D eigenvalue weighted by molar-refractivity contribution is -0.167. The van der Waals surface area contributed by atoms with Crippen LogP contribution in [0.3, 0.4) is 0 Å². The maximum atomic E-state index is 11.3. The number of ether oxygens (including phenoxy) is 1. The summed E-state index contributed by atoms with van der Waals surface area (Å²) in [4.78, 5) is 11.3. The maximum absolute atomic E-state index is 11.3. The van der Waals surface area contributed by atoms with E-state index in [1.54, 1.807) is 0 Å². The predicted octanol–water partition coefficient (Wildman–Crippen LogP) is 3.00. The molecular formula is C14H22O3. The minimum atomic E-state index is -0.874. The average Bonchev–Trinajstić information content (AvgIpc) is 2.78. The van der Waals surface area contributed by atoms with Crippen LogP contribution in [0, 0.1) is 11.8 Å². The molecule has 0 aromatic heterocycles. The molecule has 2 aliphatic carbocycles. The normalized spacial score (nSPS) is 31.6. The van der Waals surface area contributed by atoms with Crippen LogP contribution in [0.2, 0.25) is 0 Å². The van der Waals surface area contributed by atoms with Crippen molar-refractivity contribution in [2.24, 2.45) is 11.8 Å². The molecule has 0 aromatic carbocycles. The Balaban J connectivity index is 1.91. The lowest BCUT2D eigenvalue weighted by atomic mass is 9.85. The molecule has 1 N–H and O–H groups in total. The van der Waals surface area contributed by atoms with E-state index >= 15 is 0 Å². The summed E-state index contributed by atoms with van der Waals surface area (Å²) in [5, 5.41) is 9.32. The fraction of sp³-hybridized carbons (Fsp3) is 0.786. The SMILES string of the molecule is CC1CC=CCC1COC1(C(=O)O)CCCC1. The van der Waals surface area contributed by atoms with Crippen LogP contribution < -0.4 is 0 Å².